The van der Waals surface area contributed by atoms with Gasteiger partial charge in [-0.1, -0.05) is 47.5 Å². The van der Waals surface area contributed by atoms with Crippen LogP contribution in [0.4, 0.5) is 10.1 Å². The predicted octanol–water partition coefficient (Wildman–Crippen LogP) is 6.38. The van der Waals surface area contributed by atoms with Crippen molar-refractivity contribution in [3.05, 3.63) is 104 Å². The highest BCUT2D eigenvalue weighted by molar-refractivity contribution is 6.52. The topological polar surface area (TPSA) is 57.6 Å². The lowest BCUT2D eigenvalue weighted by Crippen LogP contribution is -2.29. The van der Waals surface area contributed by atoms with Crippen molar-refractivity contribution >= 4 is 46.3 Å². The van der Waals surface area contributed by atoms with Crippen molar-refractivity contribution in [3.63, 3.8) is 0 Å². The first kappa shape index (κ1) is 22.1. The molecule has 1 saturated heterocycles. The van der Waals surface area contributed by atoms with Gasteiger partial charge in [-0.25, -0.2) is 4.39 Å². The maximum atomic E-state index is 13.6. The molecule has 3 aromatic rings. The number of benzene rings is 3. The zero-order chi connectivity index (χ0) is 23.2. The van der Waals surface area contributed by atoms with Crippen molar-refractivity contribution in [3.8, 4) is 0 Å². The molecule has 1 aliphatic rings. The zero-order valence-corrected chi connectivity index (χ0v) is 18.7. The molecule has 0 radical (unpaired) electrons. The Morgan fingerprint density at radius 1 is 0.906 bits per heavy atom. The van der Waals surface area contributed by atoms with Gasteiger partial charge in [0.25, 0.3) is 11.7 Å². The Morgan fingerprint density at radius 3 is 2.12 bits per heavy atom. The lowest BCUT2D eigenvalue weighted by Gasteiger charge is -2.26. The van der Waals surface area contributed by atoms with Crippen molar-refractivity contribution in [1.82, 2.24) is 0 Å². The summed E-state index contributed by atoms with van der Waals surface area (Å²) in [6, 6.07) is 14.2. The number of halogens is 3. The van der Waals surface area contributed by atoms with E-state index in [0.29, 0.717) is 11.1 Å². The number of ketones is 1. The fraction of sp³-hybridized carbons (Fsp3) is 0.120. The Balaban J connectivity index is 1.97. The van der Waals surface area contributed by atoms with E-state index in [4.69, 9.17) is 23.2 Å². The van der Waals surface area contributed by atoms with Crippen molar-refractivity contribution in [2.24, 2.45) is 0 Å². The number of hydrogen-bond acceptors (Lipinski definition) is 3. The van der Waals surface area contributed by atoms with E-state index in [1.54, 1.807) is 12.1 Å². The van der Waals surface area contributed by atoms with Crippen LogP contribution in [0.15, 0.2) is 66.2 Å². The maximum absolute atomic E-state index is 13.6. The van der Waals surface area contributed by atoms with Crippen LogP contribution in [0.1, 0.15) is 28.3 Å². The molecule has 3 aromatic carbocycles. The quantitative estimate of drug-likeness (QED) is 0.275. The fourth-order valence-electron chi connectivity index (χ4n) is 3.78. The summed E-state index contributed by atoms with van der Waals surface area (Å²) in [7, 11) is 0. The maximum Gasteiger partial charge on any atom is 0.300 e. The van der Waals surface area contributed by atoms with E-state index in [-0.39, 0.29) is 27.1 Å². The number of aliphatic hydroxyl groups is 1. The van der Waals surface area contributed by atoms with Crippen LogP contribution < -0.4 is 4.90 Å². The van der Waals surface area contributed by atoms with Gasteiger partial charge in [0.15, 0.2) is 0 Å². The molecule has 0 aliphatic carbocycles. The van der Waals surface area contributed by atoms with Gasteiger partial charge in [-0.2, -0.15) is 0 Å². The molecule has 0 aromatic heterocycles. The van der Waals surface area contributed by atoms with E-state index in [9.17, 15) is 19.1 Å². The van der Waals surface area contributed by atoms with Crippen molar-refractivity contribution in [2.75, 3.05) is 4.90 Å². The number of carbonyl (C=O) groups is 2. The molecule has 1 N–H and O–H groups in total. The van der Waals surface area contributed by atoms with Gasteiger partial charge in [-0.3, -0.25) is 14.5 Å². The molecule has 1 aliphatic heterocycles. The smallest absolute Gasteiger partial charge is 0.300 e. The molecule has 32 heavy (non-hydrogen) atoms. The summed E-state index contributed by atoms with van der Waals surface area (Å²) < 4.78 is 13.6. The summed E-state index contributed by atoms with van der Waals surface area (Å²) in [4.78, 5) is 27.5. The van der Waals surface area contributed by atoms with Gasteiger partial charge in [-0.15, -0.1) is 0 Å². The van der Waals surface area contributed by atoms with Crippen LogP contribution in [-0.4, -0.2) is 16.8 Å². The summed E-state index contributed by atoms with van der Waals surface area (Å²) in [6.45, 7) is 3.82. The lowest BCUT2D eigenvalue weighted by molar-refractivity contribution is -0.132. The molecule has 0 saturated carbocycles. The SMILES string of the molecule is Cc1ccc(/C(O)=C2\C(=O)C(=O)N(c3cc(Cl)cc(Cl)c3)C2c2ccc(F)cc2)cc1C. The van der Waals surface area contributed by atoms with Gasteiger partial charge in [0, 0.05) is 21.3 Å². The first-order valence-corrected chi connectivity index (χ1v) is 10.5. The number of aliphatic hydroxyl groups excluding tert-OH is 1. The average molecular weight is 470 g/mol. The third-order valence-electron chi connectivity index (χ3n) is 5.54. The molecule has 1 atom stereocenters. The van der Waals surface area contributed by atoms with Gasteiger partial charge in [-0.05, 0) is 66.9 Å². The number of hydrogen-bond donors (Lipinski definition) is 1. The minimum Gasteiger partial charge on any atom is -0.507 e. The summed E-state index contributed by atoms with van der Waals surface area (Å²) in [5.74, 6) is -2.48. The second-order valence-corrected chi connectivity index (χ2v) is 8.52. The Kier molecular flexibility index (Phi) is 5.80. The number of rotatable bonds is 3. The highest BCUT2D eigenvalue weighted by Gasteiger charge is 2.47. The molecule has 1 fully saturated rings. The Bertz CT molecular complexity index is 1260. The van der Waals surface area contributed by atoms with Gasteiger partial charge >= 0.3 is 0 Å². The van der Waals surface area contributed by atoms with E-state index < -0.39 is 23.5 Å². The highest BCUT2D eigenvalue weighted by atomic mass is 35.5. The van der Waals surface area contributed by atoms with Crippen LogP contribution in [0.5, 0.6) is 0 Å². The number of amides is 1. The van der Waals surface area contributed by atoms with Crippen LogP contribution in [0, 0.1) is 19.7 Å². The first-order valence-electron chi connectivity index (χ1n) is 9.77. The predicted molar refractivity (Wildman–Crippen MR) is 124 cm³/mol. The molecule has 0 bridgehead atoms. The molecule has 162 valence electrons. The highest BCUT2D eigenvalue weighted by Crippen LogP contribution is 2.43. The van der Waals surface area contributed by atoms with Crippen LogP contribution in [0.25, 0.3) is 5.76 Å². The molecular weight excluding hydrogens is 452 g/mol. The third-order valence-corrected chi connectivity index (χ3v) is 5.97. The molecule has 1 unspecified atom stereocenters. The largest absolute Gasteiger partial charge is 0.507 e. The Hall–Kier alpha value is -3.15. The van der Waals surface area contributed by atoms with Crippen LogP contribution in [0.3, 0.4) is 0 Å². The zero-order valence-electron chi connectivity index (χ0n) is 17.2. The summed E-state index contributed by atoms with van der Waals surface area (Å²) in [5.41, 5.74) is 2.99. The van der Waals surface area contributed by atoms with Crippen LogP contribution >= 0.6 is 23.2 Å². The van der Waals surface area contributed by atoms with Crippen molar-refractivity contribution in [2.45, 2.75) is 19.9 Å². The number of nitrogens with zero attached hydrogens (tertiary/aromatic N) is 1. The van der Waals surface area contributed by atoms with E-state index in [0.717, 1.165) is 11.1 Å². The van der Waals surface area contributed by atoms with E-state index in [2.05, 4.69) is 0 Å². The summed E-state index contributed by atoms with van der Waals surface area (Å²) in [6.07, 6.45) is 0. The minimum atomic E-state index is -0.994. The molecule has 1 amide bonds. The van der Waals surface area contributed by atoms with Crippen molar-refractivity contribution < 1.29 is 19.1 Å². The molecule has 0 spiro atoms. The molecule has 7 heteroatoms. The lowest BCUT2D eigenvalue weighted by atomic mass is 9.94. The van der Waals surface area contributed by atoms with E-state index in [1.165, 1.54) is 47.4 Å². The first-order chi connectivity index (χ1) is 15.2. The standard InChI is InChI=1S/C25H18Cl2FNO3/c1-13-3-4-16(9-14(13)2)23(30)21-22(15-5-7-19(28)8-6-15)29(25(32)24(21)31)20-11-17(26)10-18(27)12-20/h3-12,22,30H,1-2H3/b23-21+. The van der Waals surface area contributed by atoms with Gasteiger partial charge in [0.1, 0.15) is 11.6 Å². The average Bonchev–Trinajstić information content (AvgIpc) is 3.00. The molecule has 4 nitrogen and oxygen atoms in total. The second kappa shape index (κ2) is 8.41. The second-order valence-electron chi connectivity index (χ2n) is 7.65. The monoisotopic (exact) mass is 469 g/mol. The normalized spacial score (nSPS) is 17.8. The summed E-state index contributed by atoms with van der Waals surface area (Å²) in [5, 5.41) is 11.7. The van der Waals surface area contributed by atoms with E-state index in [1.807, 2.05) is 19.9 Å². The summed E-state index contributed by atoms with van der Waals surface area (Å²) >= 11 is 12.3. The number of Topliss-reactive ketones (excluding diaryl/α,β-unsaturated/α-hetero) is 1. The number of aryl methyl sites for hydroxylation is 2. The Morgan fingerprint density at radius 2 is 1.53 bits per heavy atom. The van der Waals surface area contributed by atoms with Crippen LogP contribution in [-0.2, 0) is 9.59 Å². The molecule has 1 heterocycles. The third kappa shape index (κ3) is 3.90. The van der Waals surface area contributed by atoms with E-state index >= 15 is 0 Å². The van der Waals surface area contributed by atoms with Crippen LogP contribution in [0.2, 0.25) is 10.0 Å². The fourth-order valence-corrected chi connectivity index (χ4v) is 4.30. The Labute approximate surface area is 194 Å². The number of anilines is 1. The van der Waals surface area contributed by atoms with Gasteiger partial charge < -0.3 is 5.11 Å². The van der Waals surface area contributed by atoms with Gasteiger partial charge in [0.2, 0.25) is 0 Å². The molecule has 4 rings (SSSR count). The number of carbonyl (C=O) groups excluding carboxylic acids is 2. The van der Waals surface area contributed by atoms with Crippen molar-refractivity contribution in [1.29, 1.82) is 0 Å². The van der Waals surface area contributed by atoms with Gasteiger partial charge in [0.05, 0.1) is 11.6 Å². The minimum absolute atomic E-state index is 0.0963. The molecular formula is C25H18Cl2FNO3.